The molecule has 0 spiro atoms. The van der Waals surface area contributed by atoms with Gasteiger partial charge in [-0.1, -0.05) is 36.9 Å². The molecule has 0 aliphatic carbocycles. The number of carbonyl (C=O) groups excluding carboxylic acids is 1. The highest BCUT2D eigenvalue weighted by Crippen LogP contribution is 2.23. The second-order valence-electron chi connectivity index (χ2n) is 5.21. The lowest BCUT2D eigenvalue weighted by Gasteiger charge is -2.11. The van der Waals surface area contributed by atoms with Gasteiger partial charge in [0.05, 0.1) is 5.25 Å². The average molecular weight is 326 g/mol. The molecule has 118 valence electrons. The van der Waals surface area contributed by atoms with E-state index in [0.29, 0.717) is 5.16 Å². The molecule has 0 bridgehead atoms. The molecule has 2 aromatic heterocycles. The van der Waals surface area contributed by atoms with E-state index in [1.807, 2.05) is 60.0 Å². The zero-order valence-corrected chi connectivity index (χ0v) is 13.9. The van der Waals surface area contributed by atoms with Crippen LogP contribution in [0.3, 0.4) is 0 Å². The Bertz CT molecular complexity index is 813. The third kappa shape index (κ3) is 3.53. The molecule has 5 nitrogen and oxygen atoms in total. The summed E-state index contributed by atoms with van der Waals surface area (Å²) in [7, 11) is 0. The molecule has 0 saturated carbocycles. The van der Waals surface area contributed by atoms with Crippen LogP contribution in [0.2, 0.25) is 0 Å². The molecule has 23 heavy (non-hydrogen) atoms. The first-order valence-electron chi connectivity index (χ1n) is 7.53. The van der Waals surface area contributed by atoms with E-state index in [-0.39, 0.29) is 11.2 Å². The number of carbonyl (C=O) groups is 1. The number of benzene rings is 1. The molecule has 0 radical (unpaired) electrons. The molecule has 1 N–H and O–H groups in total. The minimum Gasteiger partial charge on any atom is -0.325 e. The van der Waals surface area contributed by atoms with Gasteiger partial charge < -0.3 is 5.32 Å². The lowest BCUT2D eigenvalue weighted by atomic mass is 10.1. The highest BCUT2D eigenvalue weighted by atomic mass is 32.2. The van der Waals surface area contributed by atoms with Gasteiger partial charge in [0.25, 0.3) is 0 Å². The Labute approximate surface area is 139 Å². The van der Waals surface area contributed by atoms with Crippen molar-refractivity contribution in [3.63, 3.8) is 0 Å². The van der Waals surface area contributed by atoms with E-state index in [1.54, 1.807) is 0 Å². The standard InChI is InChI=1S/C17H18N4OS/c1-3-13-7-9-14(10-8-13)18-16(22)12(2)23-17-20-19-15-6-4-5-11-21(15)17/h4-12H,3H2,1-2H3,(H,18,22). The first kappa shape index (κ1) is 15.6. The monoisotopic (exact) mass is 326 g/mol. The Balaban J connectivity index is 1.67. The van der Waals surface area contributed by atoms with Crippen molar-refractivity contribution in [1.29, 1.82) is 0 Å². The number of nitrogens with one attached hydrogen (secondary N) is 1. The smallest absolute Gasteiger partial charge is 0.237 e. The van der Waals surface area contributed by atoms with Crippen molar-refractivity contribution in [2.45, 2.75) is 30.7 Å². The topological polar surface area (TPSA) is 59.3 Å². The van der Waals surface area contributed by atoms with E-state index in [9.17, 15) is 4.79 Å². The van der Waals surface area contributed by atoms with E-state index >= 15 is 0 Å². The highest BCUT2D eigenvalue weighted by molar-refractivity contribution is 8.00. The quantitative estimate of drug-likeness (QED) is 0.730. The van der Waals surface area contributed by atoms with Gasteiger partial charge in [-0.05, 0) is 43.2 Å². The summed E-state index contributed by atoms with van der Waals surface area (Å²) < 4.78 is 1.88. The molecule has 0 fully saturated rings. The van der Waals surface area contributed by atoms with E-state index in [2.05, 4.69) is 22.4 Å². The highest BCUT2D eigenvalue weighted by Gasteiger charge is 2.17. The fourth-order valence-corrected chi connectivity index (χ4v) is 3.02. The summed E-state index contributed by atoms with van der Waals surface area (Å²) >= 11 is 1.39. The number of anilines is 1. The molecule has 6 heteroatoms. The van der Waals surface area contributed by atoms with Gasteiger partial charge in [-0.15, -0.1) is 10.2 Å². The van der Waals surface area contributed by atoms with Gasteiger partial charge in [-0.3, -0.25) is 9.20 Å². The molecule has 3 aromatic rings. The molecule has 2 heterocycles. The SMILES string of the molecule is CCc1ccc(NC(=O)C(C)Sc2nnc3ccccn23)cc1. The van der Waals surface area contributed by atoms with Gasteiger partial charge >= 0.3 is 0 Å². The van der Waals surface area contributed by atoms with E-state index in [1.165, 1.54) is 17.3 Å². The number of aryl methyl sites for hydroxylation is 1. The number of rotatable bonds is 5. The lowest BCUT2D eigenvalue weighted by Crippen LogP contribution is -2.22. The number of hydrogen-bond donors (Lipinski definition) is 1. The van der Waals surface area contributed by atoms with Gasteiger partial charge in [-0.2, -0.15) is 0 Å². The van der Waals surface area contributed by atoms with Crippen molar-refractivity contribution in [1.82, 2.24) is 14.6 Å². The van der Waals surface area contributed by atoms with Crippen LogP contribution in [0.15, 0.2) is 53.8 Å². The second-order valence-corrected chi connectivity index (χ2v) is 6.52. The molecule has 0 aliphatic heterocycles. The molecule has 0 saturated heterocycles. The van der Waals surface area contributed by atoms with E-state index < -0.39 is 0 Å². The van der Waals surface area contributed by atoms with Gasteiger partial charge in [-0.25, -0.2) is 0 Å². The number of hydrogen-bond acceptors (Lipinski definition) is 4. The number of aromatic nitrogens is 3. The van der Waals surface area contributed by atoms with Crippen LogP contribution < -0.4 is 5.32 Å². The second kappa shape index (κ2) is 6.83. The van der Waals surface area contributed by atoms with E-state index in [0.717, 1.165) is 17.8 Å². The van der Waals surface area contributed by atoms with Crippen LogP contribution in [-0.2, 0) is 11.2 Å². The Morgan fingerprint density at radius 2 is 2.00 bits per heavy atom. The van der Waals surface area contributed by atoms with Crippen molar-refractivity contribution >= 4 is 29.0 Å². The van der Waals surface area contributed by atoms with Crippen molar-refractivity contribution in [3.05, 3.63) is 54.2 Å². The van der Waals surface area contributed by atoms with Gasteiger partial charge in [0.15, 0.2) is 10.8 Å². The lowest BCUT2D eigenvalue weighted by molar-refractivity contribution is -0.115. The fraction of sp³-hybridized carbons (Fsp3) is 0.235. The maximum atomic E-state index is 12.3. The Hall–Kier alpha value is -2.34. The minimum absolute atomic E-state index is 0.0491. The van der Waals surface area contributed by atoms with Crippen molar-refractivity contribution in [2.75, 3.05) is 5.32 Å². The van der Waals surface area contributed by atoms with Gasteiger partial charge in [0, 0.05) is 11.9 Å². The fourth-order valence-electron chi connectivity index (χ4n) is 2.18. The van der Waals surface area contributed by atoms with Crippen molar-refractivity contribution in [2.24, 2.45) is 0 Å². The summed E-state index contributed by atoms with van der Waals surface area (Å²) in [6.45, 7) is 3.97. The summed E-state index contributed by atoms with van der Waals surface area (Å²) in [5, 5.41) is 11.6. The van der Waals surface area contributed by atoms with Crippen LogP contribution in [0.25, 0.3) is 5.65 Å². The van der Waals surface area contributed by atoms with Crippen LogP contribution in [-0.4, -0.2) is 25.8 Å². The molecular formula is C17H18N4OS. The minimum atomic E-state index is -0.270. The first-order valence-corrected chi connectivity index (χ1v) is 8.41. The summed E-state index contributed by atoms with van der Waals surface area (Å²) in [6.07, 6.45) is 2.88. The van der Waals surface area contributed by atoms with Crippen LogP contribution >= 0.6 is 11.8 Å². The molecule has 3 rings (SSSR count). The number of nitrogens with zero attached hydrogens (tertiary/aromatic N) is 3. The summed E-state index contributed by atoms with van der Waals surface area (Å²) in [6, 6.07) is 13.6. The molecule has 1 amide bonds. The van der Waals surface area contributed by atoms with Crippen LogP contribution in [0, 0.1) is 0 Å². The maximum absolute atomic E-state index is 12.3. The van der Waals surface area contributed by atoms with Gasteiger partial charge in [0.1, 0.15) is 0 Å². The van der Waals surface area contributed by atoms with Gasteiger partial charge in [0.2, 0.25) is 5.91 Å². The van der Waals surface area contributed by atoms with Crippen molar-refractivity contribution < 1.29 is 4.79 Å². The van der Waals surface area contributed by atoms with Crippen LogP contribution in [0.4, 0.5) is 5.69 Å². The summed E-state index contributed by atoms with van der Waals surface area (Å²) in [5.74, 6) is -0.0491. The maximum Gasteiger partial charge on any atom is 0.237 e. The Morgan fingerprint density at radius 3 is 2.74 bits per heavy atom. The predicted molar refractivity (Wildman–Crippen MR) is 92.8 cm³/mol. The third-order valence-electron chi connectivity index (χ3n) is 3.56. The normalized spacial score (nSPS) is 12.3. The zero-order valence-electron chi connectivity index (χ0n) is 13.1. The third-order valence-corrected chi connectivity index (χ3v) is 4.62. The number of thioether (sulfide) groups is 1. The average Bonchev–Trinajstić information content (AvgIpc) is 2.98. The number of fused-ring (bicyclic) bond motifs is 1. The molecular weight excluding hydrogens is 308 g/mol. The van der Waals surface area contributed by atoms with Crippen LogP contribution in [0.1, 0.15) is 19.4 Å². The summed E-state index contributed by atoms with van der Waals surface area (Å²) in [5.41, 5.74) is 2.84. The van der Waals surface area contributed by atoms with Crippen LogP contribution in [0.5, 0.6) is 0 Å². The predicted octanol–water partition coefficient (Wildman–Crippen LogP) is 3.41. The molecule has 1 aromatic carbocycles. The summed E-state index contributed by atoms with van der Waals surface area (Å²) in [4.78, 5) is 12.3. The largest absolute Gasteiger partial charge is 0.325 e. The van der Waals surface area contributed by atoms with Crippen molar-refractivity contribution in [3.8, 4) is 0 Å². The zero-order chi connectivity index (χ0) is 16.2. The molecule has 1 unspecified atom stereocenters. The number of amides is 1. The Morgan fingerprint density at radius 1 is 1.22 bits per heavy atom. The Kier molecular flexibility index (Phi) is 4.62. The number of pyridine rings is 1. The van der Waals surface area contributed by atoms with E-state index in [4.69, 9.17) is 0 Å². The first-order chi connectivity index (χ1) is 11.2. The molecule has 1 atom stereocenters. The molecule has 0 aliphatic rings.